The summed E-state index contributed by atoms with van der Waals surface area (Å²) in [6.45, 7) is 3.70. The average molecular weight is 221 g/mol. The van der Waals surface area contributed by atoms with Crippen molar-refractivity contribution < 1.29 is 14.2 Å². The number of rotatable bonds is 2. The summed E-state index contributed by atoms with van der Waals surface area (Å²) in [7, 11) is 0. The SMILES string of the molecule is CC(N)C1(c2ccc3c(c2)OCO3)COC1. The topological polar surface area (TPSA) is 53.7 Å². The first-order chi connectivity index (χ1) is 7.72. The Hall–Kier alpha value is -1.26. The predicted molar refractivity (Wildman–Crippen MR) is 58.7 cm³/mol. The van der Waals surface area contributed by atoms with E-state index < -0.39 is 0 Å². The first-order valence-electron chi connectivity index (χ1n) is 5.46. The van der Waals surface area contributed by atoms with Gasteiger partial charge < -0.3 is 19.9 Å². The highest BCUT2D eigenvalue weighted by Gasteiger charge is 2.44. The maximum Gasteiger partial charge on any atom is 0.231 e. The van der Waals surface area contributed by atoms with Crippen LogP contribution in [0.4, 0.5) is 0 Å². The van der Waals surface area contributed by atoms with Crippen LogP contribution >= 0.6 is 0 Å². The van der Waals surface area contributed by atoms with Crippen molar-refractivity contribution in [3.05, 3.63) is 23.8 Å². The van der Waals surface area contributed by atoms with Crippen molar-refractivity contribution in [1.29, 1.82) is 0 Å². The summed E-state index contributed by atoms with van der Waals surface area (Å²) in [6.07, 6.45) is 0. The smallest absolute Gasteiger partial charge is 0.231 e. The molecule has 0 amide bonds. The van der Waals surface area contributed by atoms with Crippen molar-refractivity contribution in [2.24, 2.45) is 5.73 Å². The first kappa shape index (κ1) is 9.93. The molecule has 1 fully saturated rings. The molecule has 1 aromatic rings. The van der Waals surface area contributed by atoms with Crippen LogP contribution in [0, 0.1) is 0 Å². The van der Waals surface area contributed by atoms with Crippen LogP contribution in [0.5, 0.6) is 11.5 Å². The van der Waals surface area contributed by atoms with Crippen LogP contribution in [0.15, 0.2) is 18.2 Å². The van der Waals surface area contributed by atoms with E-state index in [1.165, 1.54) is 5.56 Å². The maximum absolute atomic E-state index is 6.06. The number of nitrogens with two attached hydrogens (primary N) is 1. The molecule has 0 saturated carbocycles. The molecule has 0 aliphatic carbocycles. The summed E-state index contributed by atoms with van der Waals surface area (Å²) in [4.78, 5) is 0. The standard InChI is InChI=1S/C12H15NO3/c1-8(13)12(5-14-6-12)9-2-3-10-11(4-9)16-7-15-10/h2-4,8H,5-7,13H2,1H3. The second kappa shape index (κ2) is 3.37. The summed E-state index contributed by atoms with van der Waals surface area (Å²) in [5.41, 5.74) is 7.18. The molecule has 16 heavy (non-hydrogen) atoms. The van der Waals surface area contributed by atoms with E-state index in [4.69, 9.17) is 19.9 Å². The summed E-state index contributed by atoms with van der Waals surface area (Å²) in [6, 6.07) is 6.09. The number of hydrogen-bond acceptors (Lipinski definition) is 4. The van der Waals surface area contributed by atoms with E-state index in [1.807, 2.05) is 19.1 Å². The van der Waals surface area contributed by atoms with E-state index >= 15 is 0 Å². The van der Waals surface area contributed by atoms with Gasteiger partial charge in [0.2, 0.25) is 6.79 Å². The fourth-order valence-electron chi connectivity index (χ4n) is 2.22. The molecule has 3 rings (SSSR count). The Bertz CT molecular complexity index is 413. The van der Waals surface area contributed by atoms with Gasteiger partial charge in [-0.05, 0) is 24.6 Å². The van der Waals surface area contributed by atoms with Gasteiger partial charge >= 0.3 is 0 Å². The summed E-state index contributed by atoms with van der Waals surface area (Å²) in [5, 5.41) is 0. The van der Waals surface area contributed by atoms with Crippen molar-refractivity contribution in [3.63, 3.8) is 0 Å². The molecular formula is C12H15NO3. The van der Waals surface area contributed by atoms with Crippen LogP contribution < -0.4 is 15.2 Å². The third kappa shape index (κ3) is 1.23. The summed E-state index contributed by atoms with van der Waals surface area (Å²) in [5.74, 6) is 1.62. The van der Waals surface area contributed by atoms with Crippen molar-refractivity contribution >= 4 is 0 Å². The maximum atomic E-state index is 6.06. The zero-order chi connectivity index (χ0) is 11.2. The van der Waals surface area contributed by atoms with Crippen LogP contribution in [0.25, 0.3) is 0 Å². The molecule has 0 radical (unpaired) electrons. The molecule has 2 aliphatic heterocycles. The summed E-state index contributed by atoms with van der Waals surface area (Å²) >= 11 is 0. The third-order valence-corrected chi connectivity index (χ3v) is 3.54. The predicted octanol–water partition coefficient (Wildman–Crippen LogP) is 1.03. The number of ether oxygens (including phenoxy) is 3. The second-order valence-electron chi connectivity index (χ2n) is 4.51. The van der Waals surface area contributed by atoms with Crippen molar-refractivity contribution in [1.82, 2.24) is 0 Å². The van der Waals surface area contributed by atoms with Gasteiger partial charge in [-0.15, -0.1) is 0 Å². The normalized spacial score (nSPS) is 22.6. The lowest BCUT2D eigenvalue weighted by atomic mass is 9.73. The van der Waals surface area contributed by atoms with E-state index in [0.717, 1.165) is 11.5 Å². The minimum atomic E-state index is -0.0546. The molecule has 4 heteroatoms. The largest absolute Gasteiger partial charge is 0.454 e. The fraction of sp³-hybridized carbons (Fsp3) is 0.500. The quantitative estimate of drug-likeness (QED) is 0.810. The van der Waals surface area contributed by atoms with E-state index in [2.05, 4.69) is 6.07 Å². The molecule has 2 N–H and O–H groups in total. The van der Waals surface area contributed by atoms with Gasteiger partial charge in [0.05, 0.1) is 18.6 Å². The van der Waals surface area contributed by atoms with Gasteiger partial charge in [0.25, 0.3) is 0 Å². The highest BCUT2D eigenvalue weighted by atomic mass is 16.7. The Labute approximate surface area is 94.3 Å². The van der Waals surface area contributed by atoms with Crippen LogP contribution in [0.1, 0.15) is 12.5 Å². The highest BCUT2D eigenvalue weighted by Crippen LogP contribution is 2.40. The molecule has 2 aliphatic rings. The number of hydrogen-bond donors (Lipinski definition) is 1. The lowest BCUT2D eigenvalue weighted by molar-refractivity contribution is -0.0702. The molecule has 1 atom stereocenters. The molecule has 86 valence electrons. The molecule has 2 heterocycles. The Balaban J connectivity index is 2.00. The van der Waals surface area contributed by atoms with Gasteiger partial charge in [-0.3, -0.25) is 0 Å². The molecule has 1 aromatic carbocycles. The molecule has 0 spiro atoms. The summed E-state index contributed by atoms with van der Waals surface area (Å²) < 4.78 is 16.0. The van der Waals surface area contributed by atoms with Gasteiger partial charge in [-0.1, -0.05) is 6.07 Å². The van der Waals surface area contributed by atoms with E-state index in [-0.39, 0.29) is 11.5 Å². The first-order valence-corrected chi connectivity index (χ1v) is 5.46. The lowest BCUT2D eigenvalue weighted by Crippen LogP contribution is -2.57. The van der Waals surface area contributed by atoms with Gasteiger partial charge in [-0.2, -0.15) is 0 Å². The number of benzene rings is 1. The molecule has 4 nitrogen and oxygen atoms in total. The Morgan fingerprint density at radius 2 is 2.00 bits per heavy atom. The molecule has 0 bridgehead atoms. The second-order valence-corrected chi connectivity index (χ2v) is 4.51. The molecular weight excluding hydrogens is 206 g/mol. The van der Waals surface area contributed by atoms with Crippen molar-refractivity contribution in [2.45, 2.75) is 18.4 Å². The Morgan fingerprint density at radius 1 is 1.25 bits per heavy atom. The minimum Gasteiger partial charge on any atom is -0.454 e. The van der Waals surface area contributed by atoms with Crippen LogP contribution in [-0.4, -0.2) is 26.0 Å². The Kier molecular flexibility index (Phi) is 2.09. The zero-order valence-corrected chi connectivity index (χ0v) is 9.23. The van der Waals surface area contributed by atoms with Crippen LogP contribution in [0.3, 0.4) is 0 Å². The third-order valence-electron chi connectivity index (χ3n) is 3.54. The monoisotopic (exact) mass is 221 g/mol. The van der Waals surface area contributed by atoms with Gasteiger partial charge in [0.15, 0.2) is 11.5 Å². The van der Waals surface area contributed by atoms with Crippen molar-refractivity contribution in [2.75, 3.05) is 20.0 Å². The molecule has 1 saturated heterocycles. The minimum absolute atomic E-state index is 0.0546. The van der Waals surface area contributed by atoms with Crippen LogP contribution in [0.2, 0.25) is 0 Å². The fourth-order valence-corrected chi connectivity index (χ4v) is 2.22. The van der Waals surface area contributed by atoms with E-state index in [0.29, 0.717) is 20.0 Å². The Morgan fingerprint density at radius 3 is 2.62 bits per heavy atom. The van der Waals surface area contributed by atoms with Gasteiger partial charge in [0, 0.05) is 6.04 Å². The average Bonchev–Trinajstić information content (AvgIpc) is 2.62. The molecule has 0 aromatic heterocycles. The van der Waals surface area contributed by atoms with Gasteiger partial charge in [0.1, 0.15) is 0 Å². The molecule has 1 unspecified atom stereocenters. The lowest BCUT2D eigenvalue weighted by Gasteiger charge is -2.45. The zero-order valence-electron chi connectivity index (χ0n) is 9.23. The highest BCUT2D eigenvalue weighted by molar-refractivity contribution is 5.47. The van der Waals surface area contributed by atoms with E-state index in [1.54, 1.807) is 0 Å². The van der Waals surface area contributed by atoms with Crippen molar-refractivity contribution in [3.8, 4) is 11.5 Å². The van der Waals surface area contributed by atoms with Gasteiger partial charge in [-0.25, -0.2) is 0 Å². The van der Waals surface area contributed by atoms with E-state index in [9.17, 15) is 0 Å². The van der Waals surface area contributed by atoms with Crippen LogP contribution in [-0.2, 0) is 10.2 Å². The number of fused-ring (bicyclic) bond motifs is 1.